The van der Waals surface area contributed by atoms with E-state index in [2.05, 4.69) is 15.0 Å². The van der Waals surface area contributed by atoms with Gasteiger partial charge in [-0.3, -0.25) is 14.4 Å². The molecule has 1 unspecified atom stereocenters. The largest absolute Gasteiger partial charge is 0.469 e. The van der Waals surface area contributed by atoms with Gasteiger partial charge < -0.3 is 15.0 Å². The Hall–Kier alpha value is -2.45. The van der Waals surface area contributed by atoms with Crippen LogP contribution in [0.4, 0.5) is 5.13 Å². The second-order valence-corrected chi connectivity index (χ2v) is 7.78. The quantitative estimate of drug-likeness (QED) is 0.749. The normalized spacial score (nSPS) is 16.5. The van der Waals surface area contributed by atoms with Gasteiger partial charge in [-0.05, 0) is 37.1 Å². The second-order valence-electron chi connectivity index (χ2n) is 6.48. The fourth-order valence-electron chi connectivity index (χ4n) is 3.02. The lowest BCUT2D eigenvalue weighted by molar-refractivity contribution is -0.139. The van der Waals surface area contributed by atoms with E-state index in [1.54, 1.807) is 34.5 Å². The summed E-state index contributed by atoms with van der Waals surface area (Å²) in [7, 11) is 1.32. The molecule has 2 heterocycles. The number of hydrogen-bond acceptors (Lipinski definition) is 6. The van der Waals surface area contributed by atoms with Gasteiger partial charge in [-0.15, -0.1) is 11.3 Å². The lowest BCUT2D eigenvalue weighted by Gasteiger charge is -2.32. The van der Waals surface area contributed by atoms with Crippen LogP contribution in [0.5, 0.6) is 0 Å². The first-order valence-electron chi connectivity index (χ1n) is 8.83. The van der Waals surface area contributed by atoms with Gasteiger partial charge in [0.25, 0.3) is 5.91 Å². The van der Waals surface area contributed by atoms with Crippen molar-refractivity contribution in [2.75, 3.05) is 25.5 Å². The molecule has 1 N–H and O–H groups in total. The Morgan fingerprint density at radius 2 is 2.07 bits per heavy atom. The van der Waals surface area contributed by atoms with E-state index >= 15 is 0 Å². The number of amides is 2. The molecule has 0 bridgehead atoms. The van der Waals surface area contributed by atoms with E-state index in [1.807, 2.05) is 0 Å². The number of halogens is 1. The van der Waals surface area contributed by atoms with E-state index in [0.717, 1.165) is 6.42 Å². The third-order valence-electron chi connectivity index (χ3n) is 4.51. The number of esters is 1. The predicted molar refractivity (Wildman–Crippen MR) is 107 cm³/mol. The summed E-state index contributed by atoms with van der Waals surface area (Å²) in [6, 6.07) is 6.73. The number of methoxy groups -OCH3 is 1. The molecular formula is C19H20ClN3O4S. The maximum atomic E-state index is 12.7. The number of nitrogens with zero attached hydrogens (tertiary/aromatic N) is 2. The van der Waals surface area contributed by atoms with Gasteiger partial charge >= 0.3 is 5.97 Å². The molecule has 3 rings (SSSR count). The van der Waals surface area contributed by atoms with Crippen LogP contribution in [0.25, 0.3) is 0 Å². The van der Waals surface area contributed by atoms with Crippen molar-refractivity contribution in [1.82, 2.24) is 9.88 Å². The highest BCUT2D eigenvalue weighted by molar-refractivity contribution is 7.13. The molecule has 7 nitrogen and oxygen atoms in total. The van der Waals surface area contributed by atoms with Gasteiger partial charge in [0.1, 0.15) is 0 Å². The van der Waals surface area contributed by atoms with Gasteiger partial charge in [-0.1, -0.05) is 11.6 Å². The Balaban J connectivity index is 1.59. The van der Waals surface area contributed by atoms with E-state index < -0.39 is 0 Å². The molecule has 0 aliphatic carbocycles. The topological polar surface area (TPSA) is 88.6 Å². The van der Waals surface area contributed by atoms with Gasteiger partial charge in [-0.2, -0.15) is 0 Å². The number of thiazole rings is 1. The molecule has 9 heteroatoms. The number of rotatable bonds is 5. The van der Waals surface area contributed by atoms with Crippen molar-refractivity contribution in [3.05, 3.63) is 45.9 Å². The SMILES string of the molecule is COC(=O)Cc1csc(NC(=O)C2CCCN(C(=O)c3ccc(Cl)cc3)C2)n1. The number of ether oxygens (including phenoxy) is 1. The van der Waals surface area contributed by atoms with E-state index in [9.17, 15) is 14.4 Å². The zero-order valence-corrected chi connectivity index (χ0v) is 16.9. The zero-order valence-electron chi connectivity index (χ0n) is 15.3. The Bertz CT molecular complexity index is 868. The number of carbonyl (C=O) groups excluding carboxylic acids is 3. The summed E-state index contributed by atoms with van der Waals surface area (Å²) in [5.74, 6) is -0.971. The summed E-state index contributed by atoms with van der Waals surface area (Å²) < 4.78 is 4.61. The van der Waals surface area contributed by atoms with Crippen LogP contribution >= 0.6 is 22.9 Å². The average Bonchev–Trinajstić information content (AvgIpc) is 3.14. The maximum absolute atomic E-state index is 12.7. The Labute approximate surface area is 171 Å². The van der Waals surface area contributed by atoms with Gasteiger partial charge in [0.05, 0.1) is 25.1 Å². The Morgan fingerprint density at radius 3 is 2.79 bits per heavy atom. The molecule has 1 fully saturated rings. The van der Waals surface area contributed by atoms with Gasteiger partial charge in [0.15, 0.2) is 5.13 Å². The zero-order chi connectivity index (χ0) is 20.1. The van der Waals surface area contributed by atoms with Gasteiger partial charge in [0, 0.05) is 29.1 Å². The fourth-order valence-corrected chi connectivity index (χ4v) is 3.86. The number of anilines is 1. The summed E-state index contributed by atoms with van der Waals surface area (Å²) in [5, 5.41) is 5.51. The molecule has 0 radical (unpaired) electrons. The maximum Gasteiger partial charge on any atom is 0.311 e. The molecule has 1 saturated heterocycles. The molecule has 148 valence electrons. The summed E-state index contributed by atoms with van der Waals surface area (Å²) in [6.45, 7) is 0.972. The lowest BCUT2D eigenvalue weighted by atomic mass is 9.96. The van der Waals surface area contributed by atoms with Crippen LogP contribution in [0.1, 0.15) is 28.9 Å². The first-order chi connectivity index (χ1) is 13.5. The number of piperidine rings is 1. The molecule has 0 saturated carbocycles. The van der Waals surface area contributed by atoms with Crippen molar-refractivity contribution in [2.45, 2.75) is 19.3 Å². The highest BCUT2D eigenvalue weighted by Gasteiger charge is 2.29. The van der Waals surface area contributed by atoms with Crippen LogP contribution in [0.2, 0.25) is 5.02 Å². The number of nitrogens with one attached hydrogen (secondary N) is 1. The van der Waals surface area contributed by atoms with Crippen LogP contribution in [-0.4, -0.2) is 47.9 Å². The van der Waals surface area contributed by atoms with Crippen LogP contribution in [0.15, 0.2) is 29.6 Å². The van der Waals surface area contributed by atoms with Crippen LogP contribution < -0.4 is 5.32 Å². The van der Waals surface area contributed by atoms with Crippen molar-refractivity contribution in [2.24, 2.45) is 5.92 Å². The smallest absolute Gasteiger partial charge is 0.311 e. The predicted octanol–water partition coefficient (Wildman–Crippen LogP) is 3.00. The molecule has 1 aromatic heterocycles. The molecule has 1 aliphatic rings. The van der Waals surface area contributed by atoms with Crippen LogP contribution in [0, 0.1) is 5.92 Å². The highest BCUT2D eigenvalue weighted by atomic mass is 35.5. The molecule has 1 aromatic carbocycles. The monoisotopic (exact) mass is 421 g/mol. The summed E-state index contributed by atoms with van der Waals surface area (Å²) in [4.78, 5) is 42.5. The van der Waals surface area contributed by atoms with E-state index in [4.69, 9.17) is 11.6 Å². The molecule has 28 heavy (non-hydrogen) atoms. The fraction of sp³-hybridized carbons (Fsp3) is 0.368. The van der Waals surface area contributed by atoms with E-state index in [0.29, 0.717) is 40.9 Å². The molecule has 2 amide bonds. The number of likely N-dealkylation sites (tertiary alicyclic amines) is 1. The van der Waals surface area contributed by atoms with Crippen molar-refractivity contribution in [3.8, 4) is 0 Å². The molecule has 1 aliphatic heterocycles. The van der Waals surface area contributed by atoms with E-state index in [-0.39, 0.29) is 30.1 Å². The number of carbonyl (C=O) groups is 3. The summed E-state index contributed by atoms with van der Waals surface area (Å²) in [5.41, 5.74) is 1.10. The van der Waals surface area contributed by atoms with Crippen molar-refractivity contribution < 1.29 is 19.1 Å². The lowest BCUT2D eigenvalue weighted by Crippen LogP contribution is -2.43. The minimum absolute atomic E-state index is 0.0651. The second kappa shape index (κ2) is 9.16. The van der Waals surface area contributed by atoms with Gasteiger partial charge in [0.2, 0.25) is 5.91 Å². The molecule has 1 atom stereocenters. The third kappa shape index (κ3) is 5.08. The van der Waals surface area contributed by atoms with Crippen LogP contribution in [0.3, 0.4) is 0 Å². The standard InChI is InChI=1S/C19H20ClN3O4S/c1-27-16(24)9-15-11-28-19(21-15)22-17(25)13-3-2-8-23(10-13)18(26)12-4-6-14(20)7-5-12/h4-7,11,13H,2-3,8-10H2,1H3,(H,21,22,25). The van der Waals surface area contributed by atoms with Crippen molar-refractivity contribution in [3.63, 3.8) is 0 Å². The first kappa shape index (κ1) is 20.3. The summed E-state index contributed by atoms with van der Waals surface area (Å²) >= 11 is 7.13. The Kier molecular flexibility index (Phi) is 6.64. The van der Waals surface area contributed by atoms with Crippen molar-refractivity contribution >= 4 is 45.9 Å². The molecule has 2 aromatic rings. The first-order valence-corrected chi connectivity index (χ1v) is 10.1. The number of aromatic nitrogens is 1. The Morgan fingerprint density at radius 1 is 1.32 bits per heavy atom. The van der Waals surface area contributed by atoms with Crippen molar-refractivity contribution in [1.29, 1.82) is 0 Å². The van der Waals surface area contributed by atoms with Crippen LogP contribution in [-0.2, 0) is 20.7 Å². The number of hydrogen-bond donors (Lipinski definition) is 1. The average molecular weight is 422 g/mol. The van der Waals surface area contributed by atoms with Gasteiger partial charge in [-0.25, -0.2) is 4.98 Å². The highest BCUT2D eigenvalue weighted by Crippen LogP contribution is 2.23. The number of benzene rings is 1. The minimum atomic E-state index is -0.383. The summed E-state index contributed by atoms with van der Waals surface area (Å²) in [6.07, 6.45) is 1.52. The molecule has 0 spiro atoms. The molecular weight excluding hydrogens is 402 g/mol. The van der Waals surface area contributed by atoms with E-state index in [1.165, 1.54) is 18.4 Å². The third-order valence-corrected chi connectivity index (χ3v) is 5.56. The minimum Gasteiger partial charge on any atom is -0.469 e.